The summed E-state index contributed by atoms with van der Waals surface area (Å²) < 4.78 is 12.3. The van der Waals surface area contributed by atoms with Crippen LogP contribution in [0.5, 0.6) is 0 Å². The van der Waals surface area contributed by atoms with Gasteiger partial charge in [-0.25, -0.2) is 4.98 Å². The summed E-state index contributed by atoms with van der Waals surface area (Å²) in [5, 5.41) is 10.3. The summed E-state index contributed by atoms with van der Waals surface area (Å²) in [6, 6.07) is 8.97. The van der Waals surface area contributed by atoms with Crippen LogP contribution in [0.3, 0.4) is 0 Å². The molecular formula is C22H31B2N3O3. The zero-order valence-electron chi connectivity index (χ0n) is 18.6. The van der Waals surface area contributed by atoms with Crippen molar-refractivity contribution in [3.8, 4) is 11.3 Å². The summed E-state index contributed by atoms with van der Waals surface area (Å²) in [7, 11) is -0.798. The van der Waals surface area contributed by atoms with E-state index >= 15 is 0 Å². The number of imidazole rings is 1. The molecule has 1 aromatic heterocycles. The number of hydrogen-bond acceptors (Lipinski definition) is 5. The minimum Gasteiger partial charge on any atom is -0.437 e. The molecule has 158 valence electrons. The first kappa shape index (κ1) is 20.3. The average molecular weight is 407 g/mol. The lowest BCUT2D eigenvalue weighted by Gasteiger charge is -2.34. The number of aromatic amines is 1. The minimum absolute atomic E-state index is 0.182. The molecule has 0 spiro atoms. The van der Waals surface area contributed by atoms with Gasteiger partial charge < -0.3 is 24.1 Å². The summed E-state index contributed by atoms with van der Waals surface area (Å²) in [6.45, 7) is 10.1. The zero-order valence-corrected chi connectivity index (χ0v) is 18.6. The smallest absolute Gasteiger partial charge is 0.437 e. The molecule has 3 atom stereocenters. The van der Waals surface area contributed by atoms with Gasteiger partial charge in [0.1, 0.15) is 5.82 Å². The predicted octanol–water partition coefficient (Wildman–Crippen LogP) is 3.01. The maximum atomic E-state index is 10.3. The number of hydrogen-bond donors (Lipinski definition) is 2. The van der Waals surface area contributed by atoms with Gasteiger partial charge >= 0.3 is 14.2 Å². The first-order valence-electron chi connectivity index (χ1n) is 11.1. The van der Waals surface area contributed by atoms with Crippen molar-refractivity contribution in [2.24, 2.45) is 5.92 Å². The van der Waals surface area contributed by atoms with Crippen molar-refractivity contribution in [1.29, 1.82) is 0 Å². The molecule has 8 heteroatoms. The van der Waals surface area contributed by atoms with E-state index in [1.54, 1.807) is 0 Å². The van der Waals surface area contributed by atoms with Crippen molar-refractivity contribution in [2.75, 3.05) is 0 Å². The molecule has 2 aromatic rings. The molecule has 3 fully saturated rings. The molecule has 5 rings (SSSR count). The SMILES string of the molecule is CB(O)N1[C@@H]2CC[C@@H](C2)[C@H]1c1ncc(-c2ccc(B3OC(C)(C)C(C)(C)O3)cc2)[nH]1. The van der Waals surface area contributed by atoms with Crippen molar-refractivity contribution in [3.63, 3.8) is 0 Å². The van der Waals surface area contributed by atoms with E-state index in [0.29, 0.717) is 12.0 Å². The van der Waals surface area contributed by atoms with E-state index in [1.807, 2.05) is 13.0 Å². The molecule has 0 radical (unpaired) electrons. The van der Waals surface area contributed by atoms with Crippen LogP contribution in [-0.4, -0.2) is 51.2 Å². The Labute approximate surface area is 179 Å². The summed E-state index contributed by atoms with van der Waals surface area (Å²) in [4.78, 5) is 10.5. The molecule has 2 saturated heterocycles. The fourth-order valence-corrected chi connectivity index (χ4v) is 5.35. The Morgan fingerprint density at radius 1 is 1.13 bits per heavy atom. The number of fused-ring (bicyclic) bond motifs is 2. The molecule has 1 saturated carbocycles. The minimum atomic E-state index is -0.446. The van der Waals surface area contributed by atoms with Crippen LogP contribution in [0.4, 0.5) is 0 Å². The van der Waals surface area contributed by atoms with Gasteiger partial charge in [-0.2, -0.15) is 0 Å². The first-order valence-corrected chi connectivity index (χ1v) is 11.1. The normalized spacial score (nSPS) is 29.7. The second kappa shape index (κ2) is 6.95. The second-order valence-corrected chi connectivity index (χ2v) is 10.1. The summed E-state index contributed by atoms with van der Waals surface area (Å²) in [5.41, 5.74) is 2.42. The number of benzene rings is 1. The van der Waals surface area contributed by atoms with Crippen LogP contribution in [0, 0.1) is 5.92 Å². The van der Waals surface area contributed by atoms with Gasteiger partial charge in [0.2, 0.25) is 0 Å². The van der Waals surface area contributed by atoms with Crippen LogP contribution in [0.1, 0.15) is 58.8 Å². The van der Waals surface area contributed by atoms with E-state index in [9.17, 15) is 5.02 Å². The molecule has 2 N–H and O–H groups in total. The summed E-state index contributed by atoms with van der Waals surface area (Å²) in [6.07, 6.45) is 5.47. The van der Waals surface area contributed by atoms with Crippen LogP contribution in [0.25, 0.3) is 11.3 Å². The number of aromatic nitrogens is 2. The van der Waals surface area contributed by atoms with E-state index in [1.165, 1.54) is 12.8 Å². The number of rotatable bonds is 4. The molecule has 0 amide bonds. The van der Waals surface area contributed by atoms with Crippen LogP contribution in [0.2, 0.25) is 6.82 Å². The number of piperidine rings is 1. The third-order valence-electron chi connectivity index (χ3n) is 7.69. The van der Waals surface area contributed by atoms with Crippen LogP contribution in [-0.2, 0) is 9.31 Å². The lowest BCUT2D eigenvalue weighted by atomic mass is 9.79. The lowest BCUT2D eigenvalue weighted by Crippen LogP contribution is -2.45. The highest BCUT2D eigenvalue weighted by atomic mass is 16.7. The summed E-state index contributed by atoms with van der Waals surface area (Å²) in [5.74, 6) is 1.54. The quantitative estimate of drug-likeness (QED) is 0.763. The van der Waals surface area contributed by atoms with Crippen molar-refractivity contribution in [2.45, 2.75) is 77.1 Å². The maximum Gasteiger partial charge on any atom is 0.494 e. The lowest BCUT2D eigenvalue weighted by molar-refractivity contribution is 0.00578. The van der Waals surface area contributed by atoms with E-state index in [-0.39, 0.29) is 24.4 Å². The van der Waals surface area contributed by atoms with Crippen LogP contribution in [0.15, 0.2) is 30.5 Å². The fraction of sp³-hybridized carbons (Fsp3) is 0.591. The molecular weight excluding hydrogens is 376 g/mol. The van der Waals surface area contributed by atoms with Crippen molar-refractivity contribution in [3.05, 3.63) is 36.3 Å². The Morgan fingerprint density at radius 2 is 1.80 bits per heavy atom. The van der Waals surface area contributed by atoms with Gasteiger partial charge in [-0.1, -0.05) is 24.3 Å². The molecule has 3 heterocycles. The number of nitrogens with zero attached hydrogens (tertiary/aromatic N) is 2. The van der Waals surface area contributed by atoms with E-state index in [4.69, 9.17) is 14.3 Å². The second-order valence-electron chi connectivity index (χ2n) is 10.1. The van der Waals surface area contributed by atoms with Gasteiger partial charge in [0.05, 0.1) is 29.1 Å². The van der Waals surface area contributed by atoms with Gasteiger partial charge in [-0.05, 0) is 70.7 Å². The molecule has 1 aliphatic carbocycles. The van der Waals surface area contributed by atoms with Crippen LogP contribution < -0.4 is 5.46 Å². The average Bonchev–Trinajstić information content (AvgIpc) is 3.44. The zero-order chi connectivity index (χ0) is 21.3. The van der Waals surface area contributed by atoms with Gasteiger partial charge in [-0.3, -0.25) is 0 Å². The van der Waals surface area contributed by atoms with E-state index in [0.717, 1.165) is 29.0 Å². The Morgan fingerprint density at radius 3 is 2.43 bits per heavy atom. The Kier molecular flexibility index (Phi) is 4.71. The highest BCUT2D eigenvalue weighted by Crippen LogP contribution is 2.49. The van der Waals surface area contributed by atoms with Gasteiger partial charge in [0, 0.05) is 6.04 Å². The topological polar surface area (TPSA) is 70.6 Å². The third-order valence-corrected chi connectivity index (χ3v) is 7.69. The Balaban J connectivity index is 1.35. The Hall–Kier alpha value is -1.60. The maximum absolute atomic E-state index is 10.3. The molecule has 2 aliphatic heterocycles. The Bertz CT molecular complexity index is 912. The molecule has 30 heavy (non-hydrogen) atoms. The number of H-pyrrole nitrogens is 1. The van der Waals surface area contributed by atoms with Crippen molar-refractivity contribution >= 4 is 19.6 Å². The van der Waals surface area contributed by atoms with Gasteiger partial charge in [-0.15, -0.1) is 0 Å². The van der Waals surface area contributed by atoms with Crippen LogP contribution >= 0.6 is 0 Å². The van der Waals surface area contributed by atoms with Crippen molar-refractivity contribution < 1.29 is 14.3 Å². The van der Waals surface area contributed by atoms with E-state index < -0.39 is 7.05 Å². The third kappa shape index (κ3) is 3.16. The molecule has 3 aliphatic rings. The van der Waals surface area contributed by atoms with E-state index in [2.05, 4.69) is 61.8 Å². The van der Waals surface area contributed by atoms with Crippen molar-refractivity contribution in [1.82, 2.24) is 14.8 Å². The van der Waals surface area contributed by atoms with Gasteiger partial charge in [0.15, 0.2) is 0 Å². The first-order chi connectivity index (χ1) is 14.2. The molecule has 6 nitrogen and oxygen atoms in total. The highest BCUT2D eigenvalue weighted by Gasteiger charge is 2.52. The van der Waals surface area contributed by atoms with Gasteiger partial charge in [0.25, 0.3) is 0 Å². The summed E-state index contributed by atoms with van der Waals surface area (Å²) >= 11 is 0. The number of nitrogens with one attached hydrogen (secondary N) is 1. The highest BCUT2D eigenvalue weighted by molar-refractivity contribution is 6.62. The standard InChI is InChI=1S/C22H31B2N3O3/c1-21(2)22(3,4)30-24(29-21)16-9-6-14(7-10-16)18-13-25-20(26-18)19-15-8-11-17(12-15)27(19)23(5)28/h6-7,9-10,13,15,17,19,28H,8,11-12H2,1-5H3,(H,25,26)/t15-,17+,19-/m0/s1. The predicted molar refractivity (Wildman–Crippen MR) is 119 cm³/mol. The molecule has 1 aromatic carbocycles. The molecule has 0 unspecified atom stereocenters. The monoisotopic (exact) mass is 407 g/mol. The molecule has 2 bridgehead atoms. The fourth-order valence-electron chi connectivity index (χ4n) is 5.35. The largest absolute Gasteiger partial charge is 0.494 e.